The standard InChI is InChI=1S/C19H17N3O4S2/c23-14(8-13-4-2-6-27-13)21-15-17(24)22-16(19(25)26)12(10-28-18(15)22)7-11-3-1-5-20-9-11/h1-6,9,15,18H,7-8,10H2,(H,21,23)(H,25,26). The van der Waals surface area contributed by atoms with Crippen molar-refractivity contribution in [1.82, 2.24) is 15.2 Å². The van der Waals surface area contributed by atoms with Crippen LogP contribution in [0.1, 0.15) is 10.4 Å². The Bertz CT molecular complexity index is 943. The van der Waals surface area contributed by atoms with Crippen LogP contribution in [-0.4, -0.2) is 49.9 Å². The molecular formula is C19H17N3O4S2. The first kappa shape index (κ1) is 18.7. The number of aromatic nitrogens is 1. The van der Waals surface area contributed by atoms with Gasteiger partial charge in [0.25, 0.3) is 5.91 Å². The maximum atomic E-state index is 12.6. The van der Waals surface area contributed by atoms with E-state index in [-0.39, 0.29) is 29.3 Å². The number of aliphatic carboxylic acids is 1. The molecule has 2 aliphatic heterocycles. The molecule has 0 radical (unpaired) electrons. The van der Waals surface area contributed by atoms with E-state index in [0.29, 0.717) is 17.7 Å². The largest absolute Gasteiger partial charge is 0.477 e. The number of carbonyl (C=O) groups is 3. The van der Waals surface area contributed by atoms with E-state index in [4.69, 9.17) is 0 Å². The van der Waals surface area contributed by atoms with Gasteiger partial charge in [0, 0.05) is 23.0 Å². The van der Waals surface area contributed by atoms with Gasteiger partial charge in [0.2, 0.25) is 5.91 Å². The lowest BCUT2D eigenvalue weighted by Crippen LogP contribution is -2.70. The van der Waals surface area contributed by atoms with Crippen molar-refractivity contribution in [3.8, 4) is 0 Å². The van der Waals surface area contributed by atoms with E-state index in [1.807, 2.05) is 23.6 Å². The quantitative estimate of drug-likeness (QED) is 0.697. The highest BCUT2D eigenvalue weighted by atomic mass is 32.2. The molecule has 4 heterocycles. The number of thioether (sulfide) groups is 1. The molecule has 7 nitrogen and oxygen atoms in total. The molecule has 0 spiro atoms. The highest BCUT2D eigenvalue weighted by Crippen LogP contribution is 2.41. The van der Waals surface area contributed by atoms with Gasteiger partial charge in [-0.05, 0) is 35.1 Å². The molecule has 0 bridgehead atoms. The van der Waals surface area contributed by atoms with Crippen LogP contribution in [0.5, 0.6) is 0 Å². The number of carbonyl (C=O) groups excluding carboxylic acids is 2. The van der Waals surface area contributed by atoms with Crippen molar-refractivity contribution < 1.29 is 19.5 Å². The first-order chi connectivity index (χ1) is 13.5. The minimum absolute atomic E-state index is 0.0290. The van der Waals surface area contributed by atoms with Crippen LogP contribution in [0, 0.1) is 0 Å². The Hall–Kier alpha value is -2.65. The lowest BCUT2D eigenvalue weighted by Gasteiger charge is -2.49. The summed E-state index contributed by atoms with van der Waals surface area (Å²) in [6.45, 7) is 0. The summed E-state index contributed by atoms with van der Waals surface area (Å²) in [7, 11) is 0. The van der Waals surface area contributed by atoms with E-state index in [1.54, 1.807) is 18.5 Å². The molecule has 2 amide bonds. The molecular weight excluding hydrogens is 398 g/mol. The fourth-order valence-corrected chi connectivity index (χ4v) is 5.41. The van der Waals surface area contributed by atoms with Crippen molar-refractivity contribution in [3.63, 3.8) is 0 Å². The second-order valence-electron chi connectivity index (χ2n) is 6.51. The van der Waals surface area contributed by atoms with E-state index in [1.165, 1.54) is 28.0 Å². The van der Waals surface area contributed by atoms with Crippen LogP contribution >= 0.6 is 23.1 Å². The Morgan fingerprint density at radius 3 is 2.86 bits per heavy atom. The van der Waals surface area contributed by atoms with E-state index in [2.05, 4.69) is 10.3 Å². The van der Waals surface area contributed by atoms with Crippen LogP contribution < -0.4 is 5.32 Å². The molecule has 144 valence electrons. The molecule has 28 heavy (non-hydrogen) atoms. The number of thiophene rings is 1. The third-order valence-electron chi connectivity index (χ3n) is 4.62. The van der Waals surface area contributed by atoms with Crippen LogP contribution in [0.15, 0.2) is 53.3 Å². The molecule has 9 heteroatoms. The Morgan fingerprint density at radius 1 is 1.32 bits per heavy atom. The van der Waals surface area contributed by atoms with Crippen molar-refractivity contribution in [1.29, 1.82) is 0 Å². The molecule has 0 saturated carbocycles. The summed E-state index contributed by atoms with van der Waals surface area (Å²) in [6, 6.07) is 6.72. The minimum atomic E-state index is -1.12. The third-order valence-corrected chi connectivity index (χ3v) is 6.84. The minimum Gasteiger partial charge on any atom is -0.477 e. The van der Waals surface area contributed by atoms with Crippen molar-refractivity contribution in [2.75, 3.05) is 5.75 Å². The van der Waals surface area contributed by atoms with Gasteiger partial charge in [-0.2, -0.15) is 0 Å². The Balaban J connectivity index is 1.49. The zero-order valence-corrected chi connectivity index (χ0v) is 16.3. The summed E-state index contributed by atoms with van der Waals surface area (Å²) in [6.07, 6.45) is 3.99. The molecule has 2 N–H and O–H groups in total. The topological polar surface area (TPSA) is 99.6 Å². The van der Waals surface area contributed by atoms with Gasteiger partial charge >= 0.3 is 5.97 Å². The zero-order valence-electron chi connectivity index (χ0n) is 14.7. The van der Waals surface area contributed by atoms with Crippen molar-refractivity contribution in [2.45, 2.75) is 24.3 Å². The fraction of sp³-hybridized carbons (Fsp3) is 0.263. The highest BCUT2D eigenvalue weighted by molar-refractivity contribution is 8.00. The first-order valence-electron chi connectivity index (χ1n) is 8.65. The SMILES string of the molecule is O=C(Cc1cccs1)NC1C(=O)N2C(C(=O)O)=C(Cc3cccnc3)CSC12. The van der Waals surface area contributed by atoms with Crippen molar-refractivity contribution in [3.05, 3.63) is 63.7 Å². The Morgan fingerprint density at radius 2 is 2.18 bits per heavy atom. The molecule has 2 atom stereocenters. The number of nitrogens with one attached hydrogen (secondary N) is 1. The summed E-state index contributed by atoms with van der Waals surface area (Å²) >= 11 is 2.96. The number of rotatable bonds is 6. The zero-order chi connectivity index (χ0) is 19.7. The average Bonchev–Trinajstić information content (AvgIpc) is 3.19. The predicted molar refractivity (Wildman–Crippen MR) is 106 cm³/mol. The number of hydrogen-bond donors (Lipinski definition) is 2. The smallest absolute Gasteiger partial charge is 0.352 e. The summed E-state index contributed by atoms with van der Waals surface area (Å²) in [5.74, 6) is -1.25. The lowest BCUT2D eigenvalue weighted by atomic mass is 9.99. The lowest BCUT2D eigenvalue weighted by molar-refractivity contribution is -0.150. The Kier molecular flexibility index (Phi) is 5.19. The van der Waals surface area contributed by atoms with Crippen LogP contribution in [-0.2, 0) is 27.2 Å². The van der Waals surface area contributed by atoms with Gasteiger partial charge in [-0.25, -0.2) is 4.79 Å². The first-order valence-corrected chi connectivity index (χ1v) is 10.6. The van der Waals surface area contributed by atoms with Crippen molar-refractivity contribution in [2.24, 2.45) is 0 Å². The molecule has 1 saturated heterocycles. The summed E-state index contributed by atoms with van der Waals surface area (Å²) in [5.41, 5.74) is 1.60. The normalized spacial score (nSPS) is 21.1. The van der Waals surface area contributed by atoms with Gasteiger partial charge in [-0.15, -0.1) is 23.1 Å². The number of carboxylic acid groups (broad SMARTS) is 1. The van der Waals surface area contributed by atoms with Gasteiger partial charge in [0.1, 0.15) is 17.1 Å². The number of amides is 2. The van der Waals surface area contributed by atoms with Gasteiger partial charge in [0.05, 0.1) is 6.42 Å². The van der Waals surface area contributed by atoms with E-state index in [0.717, 1.165) is 10.4 Å². The van der Waals surface area contributed by atoms with E-state index in [9.17, 15) is 19.5 Å². The number of hydrogen-bond acceptors (Lipinski definition) is 6. The summed E-state index contributed by atoms with van der Waals surface area (Å²) in [4.78, 5) is 43.0. The predicted octanol–water partition coefficient (Wildman–Crippen LogP) is 1.67. The molecule has 2 unspecified atom stereocenters. The van der Waals surface area contributed by atoms with Gasteiger partial charge in [-0.3, -0.25) is 19.5 Å². The fourth-order valence-electron chi connectivity index (χ4n) is 3.36. The Labute approximate surface area is 169 Å². The van der Waals surface area contributed by atoms with E-state index < -0.39 is 12.0 Å². The number of nitrogens with zero attached hydrogens (tertiary/aromatic N) is 2. The van der Waals surface area contributed by atoms with Crippen LogP contribution in [0.2, 0.25) is 0 Å². The third kappa shape index (κ3) is 3.55. The maximum absolute atomic E-state index is 12.6. The van der Waals surface area contributed by atoms with Crippen LogP contribution in [0.3, 0.4) is 0 Å². The highest BCUT2D eigenvalue weighted by Gasteiger charge is 2.54. The number of carboxylic acids is 1. The summed E-state index contributed by atoms with van der Waals surface area (Å²) < 4.78 is 0. The number of β-lactam (4-membered cyclic amide) rings is 1. The van der Waals surface area contributed by atoms with Gasteiger partial charge in [-0.1, -0.05) is 12.1 Å². The average molecular weight is 415 g/mol. The van der Waals surface area contributed by atoms with Gasteiger partial charge in [0.15, 0.2) is 0 Å². The molecule has 2 aliphatic rings. The number of fused-ring (bicyclic) bond motifs is 1. The molecule has 0 aromatic carbocycles. The molecule has 1 fully saturated rings. The molecule has 4 rings (SSSR count). The molecule has 2 aromatic rings. The van der Waals surface area contributed by atoms with Gasteiger partial charge < -0.3 is 10.4 Å². The monoisotopic (exact) mass is 415 g/mol. The summed E-state index contributed by atoms with van der Waals surface area (Å²) in [5, 5.41) is 14.0. The molecule has 0 aliphatic carbocycles. The van der Waals surface area contributed by atoms with Crippen LogP contribution in [0.4, 0.5) is 0 Å². The second-order valence-corrected chi connectivity index (χ2v) is 8.64. The van der Waals surface area contributed by atoms with E-state index >= 15 is 0 Å². The maximum Gasteiger partial charge on any atom is 0.352 e. The van der Waals surface area contributed by atoms with Crippen molar-refractivity contribution >= 4 is 40.9 Å². The molecule has 2 aromatic heterocycles. The van der Waals surface area contributed by atoms with Crippen LogP contribution in [0.25, 0.3) is 0 Å². The number of pyridine rings is 1. The second kappa shape index (κ2) is 7.76.